The Bertz CT molecular complexity index is 927. The van der Waals surface area contributed by atoms with Crippen LogP contribution in [0.2, 0.25) is 0 Å². The first-order chi connectivity index (χ1) is 13.5. The molecule has 2 N–H and O–H groups in total. The van der Waals surface area contributed by atoms with Crippen LogP contribution in [0.3, 0.4) is 0 Å². The molecule has 0 aromatic heterocycles. The van der Waals surface area contributed by atoms with E-state index in [1.807, 2.05) is 41.3 Å². The number of nitrogens with one attached hydrogen (secondary N) is 1. The lowest BCUT2D eigenvalue weighted by atomic mass is 9.70. The van der Waals surface area contributed by atoms with E-state index in [9.17, 15) is 9.59 Å². The summed E-state index contributed by atoms with van der Waals surface area (Å²) in [7, 11) is 1.64. The summed E-state index contributed by atoms with van der Waals surface area (Å²) in [4.78, 5) is 26.9. The molecule has 2 amide bonds. The molecule has 1 spiro atoms. The van der Waals surface area contributed by atoms with Gasteiger partial charge in [0.05, 0.1) is 12.5 Å². The zero-order valence-corrected chi connectivity index (χ0v) is 15.9. The van der Waals surface area contributed by atoms with E-state index in [2.05, 4.69) is 0 Å². The molecule has 6 heteroatoms. The van der Waals surface area contributed by atoms with Crippen LogP contribution in [-0.2, 0) is 24.2 Å². The molecule has 0 radical (unpaired) electrons. The summed E-state index contributed by atoms with van der Waals surface area (Å²) in [5, 5.41) is 8.82. The van der Waals surface area contributed by atoms with Gasteiger partial charge in [0.25, 0.3) is 5.91 Å². The summed E-state index contributed by atoms with van der Waals surface area (Å²) in [5.41, 5.74) is 5.05. The van der Waals surface area contributed by atoms with Gasteiger partial charge in [-0.1, -0.05) is 18.2 Å². The molecule has 0 bridgehead atoms. The van der Waals surface area contributed by atoms with E-state index in [1.54, 1.807) is 18.7 Å². The molecule has 2 aromatic carbocycles. The number of carbonyl (C=O) groups is 2. The fourth-order valence-corrected chi connectivity index (χ4v) is 4.49. The number of amides is 2. The van der Waals surface area contributed by atoms with Crippen molar-refractivity contribution in [2.24, 2.45) is 5.41 Å². The smallest absolute Gasteiger partial charge is 0.274 e. The number of rotatable bonds is 4. The van der Waals surface area contributed by atoms with E-state index >= 15 is 0 Å². The number of methoxy groups -OCH3 is 1. The van der Waals surface area contributed by atoms with E-state index < -0.39 is 5.91 Å². The van der Waals surface area contributed by atoms with Crippen LogP contribution in [0.25, 0.3) is 0 Å². The topological polar surface area (TPSA) is 78.9 Å². The highest BCUT2D eigenvalue weighted by Crippen LogP contribution is 2.44. The predicted octanol–water partition coefficient (Wildman–Crippen LogP) is 2.72. The number of hydrogen-bond donors (Lipinski definition) is 2. The second kappa shape index (κ2) is 7.28. The molecular formula is C22H24N2O4. The second-order valence-corrected chi connectivity index (χ2v) is 7.71. The Labute approximate surface area is 164 Å². The fourth-order valence-electron chi connectivity index (χ4n) is 4.49. The Morgan fingerprint density at radius 1 is 1.21 bits per heavy atom. The Kier molecular flexibility index (Phi) is 4.81. The molecule has 0 saturated carbocycles. The van der Waals surface area contributed by atoms with Gasteiger partial charge in [0.15, 0.2) is 0 Å². The molecule has 1 fully saturated rings. The molecule has 1 heterocycles. The van der Waals surface area contributed by atoms with E-state index in [0.29, 0.717) is 18.5 Å². The van der Waals surface area contributed by atoms with Crippen molar-refractivity contribution in [1.29, 1.82) is 0 Å². The number of ether oxygens (including phenoxy) is 1. The average molecular weight is 380 g/mol. The van der Waals surface area contributed by atoms with Crippen LogP contribution >= 0.6 is 0 Å². The number of nitrogens with zero attached hydrogens (tertiary/aromatic N) is 1. The minimum atomic E-state index is -0.510. The molecule has 28 heavy (non-hydrogen) atoms. The molecule has 6 nitrogen and oxygen atoms in total. The van der Waals surface area contributed by atoms with Gasteiger partial charge in [0.1, 0.15) is 5.75 Å². The van der Waals surface area contributed by atoms with E-state index in [0.717, 1.165) is 48.2 Å². The Hall–Kier alpha value is -2.86. The first-order valence-corrected chi connectivity index (χ1v) is 9.53. The summed E-state index contributed by atoms with van der Waals surface area (Å²) < 4.78 is 5.28. The maximum absolute atomic E-state index is 13.3. The summed E-state index contributed by atoms with van der Waals surface area (Å²) in [6, 6.07) is 13.3. The summed E-state index contributed by atoms with van der Waals surface area (Å²) in [6.45, 7) is 1.36. The minimum Gasteiger partial charge on any atom is -0.497 e. The summed E-state index contributed by atoms with van der Waals surface area (Å²) >= 11 is 0. The van der Waals surface area contributed by atoms with Crippen molar-refractivity contribution in [2.45, 2.75) is 32.2 Å². The Balaban J connectivity index is 1.51. The lowest BCUT2D eigenvalue weighted by Gasteiger charge is -2.33. The number of fused-ring (bicyclic) bond motifs is 1. The second-order valence-electron chi connectivity index (χ2n) is 7.71. The highest BCUT2D eigenvalue weighted by Gasteiger charge is 2.47. The van der Waals surface area contributed by atoms with E-state index in [1.165, 1.54) is 0 Å². The van der Waals surface area contributed by atoms with Crippen molar-refractivity contribution in [3.63, 3.8) is 0 Å². The largest absolute Gasteiger partial charge is 0.497 e. The Morgan fingerprint density at radius 3 is 2.86 bits per heavy atom. The number of aryl methyl sites for hydroxylation is 1. The van der Waals surface area contributed by atoms with Crippen molar-refractivity contribution in [3.8, 4) is 5.75 Å². The van der Waals surface area contributed by atoms with Gasteiger partial charge >= 0.3 is 0 Å². The van der Waals surface area contributed by atoms with Crippen molar-refractivity contribution >= 4 is 11.8 Å². The third-order valence-electron chi connectivity index (χ3n) is 6.08. The maximum atomic E-state index is 13.3. The monoisotopic (exact) mass is 380 g/mol. The van der Waals surface area contributed by atoms with Crippen LogP contribution in [0.1, 0.15) is 39.9 Å². The standard InChI is InChI=1S/C22H24N2O4/c1-28-19-4-2-3-15(11-19)14-24-10-9-22(21(24)26)8-7-16-12-17(20(25)23-27)5-6-18(16)13-22/h2-6,11-12,27H,7-10,13-14H2,1H3,(H,23,25)/t22-/m0/s1. The summed E-state index contributed by atoms with van der Waals surface area (Å²) in [6.07, 6.45) is 3.11. The molecule has 1 aliphatic heterocycles. The van der Waals surface area contributed by atoms with E-state index in [4.69, 9.17) is 9.94 Å². The van der Waals surface area contributed by atoms with Crippen molar-refractivity contribution in [3.05, 3.63) is 64.7 Å². The number of hydrogen-bond acceptors (Lipinski definition) is 4. The zero-order valence-electron chi connectivity index (χ0n) is 15.9. The molecule has 146 valence electrons. The first-order valence-electron chi connectivity index (χ1n) is 9.53. The van der Waals surface area contributed by atoms with Crippen LogP contribution in [0.4, 0.5) is 0 Å². The van der Waals surface area contributed by atoms with Crippen molar-refractivity contribution < 1.29 is 19.5 Å². The van der Waals surface area contributed by atoms with Gasteiger partial charge in [-0.05, 0) is 66.6 Å². The predicted molar refractivity (Wildman–Crippen MR) is 103 cm³/mol. The van der Waals surface area contributed by atoms with Gasteiger partial charge in [-0.2, -0.15) is 0 Å². The van der Waals surface area contributed by atoms with Crippen LogP contribution in [0.15, 0.2) is 42.5 Å². The quantitative estimate of drug-likeness (QED) is 0.631. The zero-order chi connectivity index (χ0) is 19.7. The molecule has 4 rings (SSSR count). The van der Waals surface area contributed by atoms with Gasteiger partial charge in [0, 0.05) is 18.7 Å². The molecule has 1 atom stereocenters. The average Bonchev–Trinajstić information content (AvgIpc) is 3.02. The van der Waals surface area contributed by atoms with Crippen LogP contribution in [0, 0.1) is 5.41 Å². The third kappa shape index (κ3) is 3.24. The van der Waals surface area contributed by atoms with Crippen LogP contribution in [-0.4, -0.2) is 35.6 Å². The normalized spacial score (nSPS) is 20.9. The number of likely N-dealkylation sites (tertiary alicyclic amines) is 1. The van der Waals surface area contributed by atoms with Crippen LogP contribution in [0.5, 0.6) is 5.75 Å². The number of hydroxylamine groups is 1. The number of benzene rings is 2. The maximum Gasteiger partial charge on any atom is 0.274 e. The van der Waals surface area contributed by atoms with Gasteiger partial charge in [-0.25, -0.2) is 5.48 Å². The lowest BCUT2D eigenvalue weighted by Crippen LogP contribution is -2.38. The van der Waals surface area contributed by atoms with Crippen molar-refractivity contribution in [1.82, 2.24) is 10.4 Å². The SMILES string of the molecule is COc1cccc(CN2CC[C@]3(CCc4cc(C(=O)NO)ccc4C3)C2=O)c1. The molecule has 1 saturated heterocycles. The highest BCUT2D eigenvalue weighted by molar-refractivity contribution is 5.93. The molecule has 0 unspecified atom stereocenters. The van der Waals surface area contributed by atoms with Gasteiger partial charge in [-0.15, -0.1) is 0 Å². The Morgan fingerprint density at radius 2 is 2.07 bits per heavy atom. The van der Waals surface area contributed by atoms with Gasteiger partial charge < -0.3 is 9.64 Å². The van der Waals surface area contributed by atoms with E-state index in [-0.39, 0.29) is 11.3 Å². The summed E-state index contributed by atoms with van der Waals surface area (Å²) in [5.74, 6) is 0.510. The number of carbonyl (C=O) groups excluding carboxylic acids is 2. The first kappa shape index (κ1) is 18.5. The molecule has 2 aliphatic rings. The lowest BCUT2D eigenvalue weighted by molar-refractivity contribution is -0.137. The van der Waals surface area contributed by atoms with Crippen molar-refractivity contribution in [2.75, 3.05) is 13.7 Å². The third-order valence-corrected chi connectivity index (χ3v) is 6.08. The van der Waals surface area contributed by atoms with Gasteiger partial charge in [0.2, 0.25) is 5.91 Å². The van der Waals surface area contributed by atoms with Gasteiger partial charge in [-0.3, -0.25) is 14.8 Å². The highest BCUT2D eigenvalue weighted by atomic mass is 16.5. The molecule has 1 aliphatic carbocycles. The minimum absolute atomic E-state index is 0.221. The fraction of sp³-hybridized carbons (Fsp3) is 0.364. The molecular weight excluding hydrogens is 356 g/mol. The molecule has 2 aromatic rings. The van der Waals surface area contributed by atoms with Crippen LogP contribution < -0.4 is 10.2 Å².